The molecular formula is C14H22N2O4. The number of ether oxygens (including phenoxy) is 2. The minimum Gasteiger partial charge on any atom is -0.462 e. The van der Waals surface area contributed by atoms with Gasteiger partial charge in [-0.2, -0.15) is 0 Å². The molecule has 0 N–H and O–H groups in total. The first-order valence-corrected chi connectivity index (χ1v) is 7.33. The van der Waals surface area contributed by atoms with Crippen molar-refractivity contribution in [2.45, 2.75) is 32.0 Å². The lowest BCUT2D eigenvalue weighted by molar-refractivity contribution is -0.158. The molecule has 6 heteroatoms. The van der Waals surface area contributed by atoms with Crippen molar-refractivity contribution in [3.8, 4) is 0 Å². The number of rotatable bonds is 2. The molecule has 0 saturated carbocycles. The molecule has 0 aromatic carbocycles. The molecule has 3 fully saturated rings. The third kappa shape index (κ3) is 2.31. The normalized spacial score (nSPS) is 39.3. The van der Waals surface area contributed by atoms with E-state index in [1.165, 1.54) is 0 Å². The van der Waals surface area contributed by atoms with Crippen LogP contribution in [0.2, 0.25) is 0 Å². The van der Waals surface area contributed by atoms with Gasteiger partial charge in [-0.15, -0.1) is 0 Å². The molecule has 3 saturated heterocycles. The van der Waals surface area contributed by atoms with Crippen molar-refractivity contribution in [1.29, 1.82) is 0 Å². The fraction of sp³-hybridized carbons (Fsp3) is 0.857. The van der Waals surface area contributed by atoms with Crippen molar-refractivity contribution in [3.05, 3.63) is 0 Å². The van der Waals surface area contributed by atoms with Crippen LogP contribution in [-0.2, 0) is 19.1 Å². The predicted molar refractivity (Wildman–Crippen MR) is 71.0 cm³/mol. The van der Waals surface area contributed by atoms with Crippen LogP contribution in [0.25, 0.3) is 0 Å². The highest BCUT2D eigenvalue weighted by Gasteiger charge is 2.60. The number of likely N-dealkylation sites (N-methyl/N-ethyl adjacent to an activating group) is 1. The van der Waals surface area contributed by atoms with Crippen LogP contribution in [0.15, 0.2) is 0 Å². The summed E-state index contributed by atoms with van der Waals surface area (Å²) in [6.45, 7) is 6.59. The number of carbonyl (C=O) groups excluding carboxylic acids is 2. The molecule has 0 aromatic rings. The van der Waals surface area contributed by atoms with E-state index in [4.69, 9.17) is 9.47 Å². The van der Waals surface area contributed by atoms with Crippen LogP contribution in [-0.4, -0.2) is 73.7 Å². The van der Waals surface area contributed by atoms with Crippen LogP contribution in [0.3, 0.4) is 0 Å². The molecule has 1 spiro atoms. The average Bonchev–Trinajstić information content (AvgIpc) is 2.84. The number of cyclic esters (lactones) is 2. The summed E-state index contributed by atoms with van der Waals surface area (Å²) in [5, 5.41) is 0. The van der Waals surface area contributed by atoms with Gasteiger partial charge in [-0.3, -0.25) is 14.5 Å². The third-order valence-electron chi connectivity index (χ3n) is 4.63. The largest absolute Gasteiger partial charge is 0.462 e. The summed E-state index contributed by atoms with van der Waals surface area (Å²) in [6, 6.07) is 0. The average molecular weight is 282 g/mol. The molecule has 112 valence electrons. The van der Waals surface area contributed by atoms with E-state index in [2.05, 4.69) is 16.8 Å². The maximum atomic E-state index is 12.1. The van der Waals surface area contributed by atoms with E-state index in [-0.39, 0.29) is 18.2 Å². The zero-order valence-corrected chi connectivity index (χ0v) is 12.1. The van der Waals surface area contributed by atoms with Crippen molar-refractivity contribution < 1.29 is 19.1 Å². The van der Waals surface area contributed by atoms with E-state index in [1.807, 2.05) is 6.92 Å². The molecule has 3 aliphatic rings. The number of esters is 2. The molecule has 3 atom stereocenters. The van der Waals surface area contributed by atoms with E-state index in [0.717, 1.165) is 32.7 Å². The van der Waals surface area contributed by atoms with Crippen LogP contribution in [0, 0.1) is 5.41 Å². The molecule has 3 unspecified atom stereocenters. The van der Waals surface area contributed by atoms with E-state index in [1.54, 1.807) is 0 Å². The zero-order valence-electron chi connectivity index (χ0n) is 12.1. The first-order valence-electron chi connectivity index (χ1n) is 7.33. The lowest BCUT2D eigenvalue weighted by atomic mass is 9.82. The predicted octanol–water partition coefficient (Wildman–Crippen LogP) is -0.129. The van der Waals surface area contributed by atoms with Gasteiger partial charge < -0.3 is 14.4 Å². The molecule has 0 amide bonds. The maximum Gasteiger partial charge on any atom is 0.324 e. The molecule has 0 radical (unpaired) electrons. The third-order valence-corrected chi connectivity index (χ3v) is 4.63. The second-order valence-electron chi connectivity index (χ2n) is 6.34. The Bertz CT molecular complexity index is 419. The highest BCUT2D eigenvalue weighted by Crippen LogP contribution is 2.44. The number of hydrogen-bond acceptors (Lipinski definition) is 6. The topological polar surface area (TPSA) is 59.1 Å². The zero-order chi connectivity index (χ0) is 14.3. The molecular weight excluding hydrogens is 260 g/mol. The quantitative estimate of drug-likeness (QED) is 0.519. The first-order chi connectivity index (χ1) is 9.49. The van der Waals surface area contributed by atoms with Crippen molar-refractivity contribution in [2.75, 3.05) is 39.8 Å². The van der Waals surface area contributed by atoms with Crippen LogP contribution >= 0.6 is 0 Å². The standard InChI is InChI=1S/C14H22N2O4/c1-10-7-14(12(17)19-10)8-11(20-13(14)18)9-16-5-3-15(2)4-6-16/h10-11H,3-9H2,1-2H3. The highest BCUT2D eigenvalue weighted by atomic mass is 16.6. The molecule has 3 heterocycles. The Morgan fingerprint density at radius 2 is 1.75 bits per heavy atom. The monoisotopic (exact) mass is 282 g/mol. The lowest BCUT2D eigenvalue weighted by Gasteiger charge is -2.33. The molecule has 0 aliphatic carbocycles. The minimum atomic E-state index is -1.02. The van der Waals surface area contributed by atoms with E-state index in [0.29, 0.717) is 12.8 Å². The van der Waals surface area contributed by atoms with Gasteiger partial charge in [0.15, 0.2) is 5.41 Å². The summed E-state index contributed by atoms with van der Waals surface area (Å²) in [5.74, 6) is -0.776. The Morgan fingerprint density at radius 3 is 2.35 bits per heavy atom. The Kier molecular flexibility index (Phi) is 3.46. The summed E-state index contributed by atoms with van der Waals surface area (Å²) in [4.78, 5) is 28.7. The van der Waals surface area contributed by atoms with Gasteiger partial charge >= 0.3 is 11.9 Å². The number of piperazine rings is 1. The van der Waals surface area contributed by atoms with Crippen molar-refractivity contribution >= 4 is 11.9 Å². The summed E-state index contributed by atoms with van der Waals surface area (Å²) in [7, 11) is 2.11. The van der Waals surface area contributed by atoms with Crippen molar-refractivity contribution in [3.63, 3.8) is 0 Å². The van der Waals surface area contributed by atoms with Gasteiger partial charge in [0.25, 0.3) is 0 Å². The lowest BCUT2D eigenvalue weighted by Crippen LogP contribution is -2.47. The highest BCUT2D eigenvalue weighted by molar-refractivity contribution is 6.02. The molecule has 6 nitrogen and oxygen atoms in total. The van der Waals surface area contributed by atoms with Gasteiger partial charge in [0.1, 0.15) is 12.2 Å². The van der Waals surface area contributed by atoms with Crippen LogP contribution in [0.5, 0.6) is 0 Å². The van der Waals surface area contributed by atoms with Crippen LogP contribution in [0.4, 0.5) is 0 Å². The second-order valence-corrected chi connectivity index (χ2v) is 6.34. The van der Waals surface area contributed by atoms with Gasteiger partial charge in [-0.05, 0) is 14.0 Å². The Morgan fingerprint density at radius 1 is 1.10 bits per heavy atom. The minimum absolute atomic E-state index is 0.177. The van der Waals surface area contributed by atoms with Gasteiger partial charge in [-0.25, -0.2) is 0 Å². The second kappa shape index (κ2) is 5.00. The Labute approximate surface area is 119 Å². The van der Waals surface area contributed by atoms with E-state index in [9.17, 15) is 9.59 Å². The molecule has 20 heavy (non-hydrogen) atoms. The van der Waals surface area contributed by atoms with Crippen LogP contribution < -0.4 is 0 Å². The first kappa shape index (κ1) is 13.8. The molecule has 0 aromatic heterocycles. The summed E-state index contributed by atoms with van der Waals surface area (Å²) in [6.07, 6.45) is 0.576. The summed E-state index contributed by atoms with van der Waals surface area (Å²) in [5.41, 5.74) is -1.02. The summed E-state index contributed by atoms with van der Waals surface area (Å²) < 4.78 is 10.6. The molecule has 3 aliphatic heterocycles. The van der Waals surface area contributed by atoms with Gasteiger partial charge in [0, 0.05) is 45.6 Å². The number of carbonyl (C=O) groups is 2. The summed E-state index contributed by atoms with van der Waals surface area (Å²) >= 11 is 0. The fourth-order valence-electron chi connectivity index (χ4n) is 3.44. The molecule has 0 bridgehead atoms. The fourth-order valence-corrected chi connectivity index (χ4v) is 3.44. The van der Waals surface area contributed by atoms with Crippen molar-refractivity contribution in [2.24, 2.45) is 5.41 Å². The molecule has 3 rings (SSSR count). The number of hydrogen-bond donors (Lipinski definition) is 0. The van der Waals surface area contributed by atoms with E-state index >= 15 is 0 Å². The van der Waals surface area contributed by atoms with E-state index < -0.39 is 11.4 Å². The van der Waals surface area contributed by atoms with Gasteiger partial charge in [-0.1, -0.05) is 0 Å². The SMILES string of the molecule is CC1CC2(CC(CN3CCN(C)CC3)OC2=O)C(=O)O1. The Hall–Kier alpha value is -1.14. The maximum absolute atomic E-state index is 12.1. The number of nitrogens with zero attached hydrogens (tertiary/aromatic N) is 2. The van der Waals surface area contributed by atoms with Crippen LogP contribution in [0.1, 0.15) is 19.8 Å². The smallest absolute Gasteiger partial charge is 0.324 e. The van der Waals surface area contributed by atoms with Gasteiger partial charge in [0.2, 0.25) is 0 Å². The van der Waals surface area contributed by atoms with Gasteiger partial charge in [0.05, 0.1) is 0 Å². The van der Waals surface area contributed by atoms with Crippen molar-refractivity contribution in [1.82, 2.24) is 9.80 Å². The Balaban J connectivity index is 1.61.